The first-order valence-corrected chi connectivity index (χ1v) is 9.93. The monoisotopic (exact) mass is 400 g/mol. The number of anilines is 2. The molecule has 0 heterocycles. The van der Waals surface area contributed by atoms with Crippen LogP contribution in [-0.2, 0) is 14.6 Å². The third kappa shape index (κ3) is 4.87. The van der Waals surface area contributed by atoms with Gasteiger partial charge in [0.2, 0.25) is 5.91 Å². The second-order valence-electron chi connectivity index (χ2n) is 5.40. The van der Waals surface area contributed by atoms with Crippen molar-refractivity contribution < 1.29 is 13.2 Å². The Bertz CT molecular complexity index is 885. The molecule has 8 heteroatoms. The van der Waals surface area contributed by atoms with Gasteiger partial charge in [0.15, 0.2) is 9.84 Å². The van der Waals surface area contributed by atoms with Gasteiger partial charge in [0.1, 0.15) is 0 Å². The summed E-state index contributed by atoms with van der Waals surface area (Å²) in [5, 5.41) is 3.45. The Morgan fingerprint density at radius 3 is 2.44 bits per heavy atom. The van der Waals surface area contributed by atoms with Crippen LogP contribution >= 0.6 is 23.2 Å². The lowest BCUT2D eigenvalue weighted by Crippen LogP contribution is -2.31. The van der Waals surface area contributed by atoms with Gasteiger partial charge in [-0.1, -0.05) is 42.3 Å². The Labute approximate surface area is 157 Å². The summed E-state index contributed by atoms with van der Waals surface area (Å²) >= 11 is 11.8. The van der Waals surface area contributed by atoms with Gasteiger partial charge in [-0.3, -0.25) is 4.79 Å². The minimum absolute atomic E-state index is 0.00662. The van der Waals surface area contributed by atoms with Crippen molar-refractivity contribution in [3.63, 3.8) is 0 Å². The SMILES string of the molecule is CCS(=O)(=O)c1ccccc1N(C)CC(=O)Nc1ccc(Cl)c(Cl)c1. The van der Waals surface area contributed by atoms with E-state index in [2.05, 4.69) is 5.32 Å². The highest BCUT2D eigenvalue weighted by molar-refractivity contribution is 7.91. The van der Waals surface area contributed by atoms with Crippen molar-refractivity contribution in [2.45, 2.75) is 11.8 Å². The zero-order valence-corrected chi connectivity index (χ0v) is 16.1. The second kappa shape index (κ2) is 8.08. The zero-order chi connectivity index (χ0) is 18.6. The number of nitrogens with one attached hydrogen (secondary N) is 1. The van der Waals surface area contributed by atoms with Gasteiger partial charge >= 0.3 is 0 Å². The topological polar surface area (TPSA) is 66.5 Å². The molecule has 0 atom stereocenters. The van der Waals surface area contributed by atoms with Gasteiger partial charge in [0.25, 0.3) is 0 Å². The van der Waals surface area contributed by atoms with E-state index in [1.54, 1.807) is 61.3 Å². The maximum absolute atomic E-state index is 12.2. The zero-order valence-electron chi connectivity index (χ0n) is 13.8. The van der Waals surface area contributed by atoms with Gasteiger partial charge in [-0.25, -0.2) is 8.42 Å². The summed E-state index contributed by atoms with van der Waals surface area (Å²) in [5.74, 6) is -0.308. The van der Waals surface area contributed by atoms with Crippen LogP contribution in [-0.4, -0.2) is 33.7 Å². The Hall–Kier alpha value is -1.76. The lowest BCUT2D eigenvalue weighted by Gasteiger charge is -2.21. The molecule has 0 aliphatic carbocycles. The fourth-order valence-corrected chi connectivity index (χ4v) is 3.70. The number of para-hydroxylation sites is 1. The normalized spacial score (nSPS) is 11.2. The van der Waals surface area contributed by atoms with Crippen LogP contribution in [0.25, 0.3) is 0 Å². The average molecular weight is 401 g/mol. The molecule has 0 spiro atoms. The van der Waals surface area contributed by atoms with E-state index in [0.717, 1.165) is 0 Å². The molecule has 0 radical (unpaired) electrons. The average Bonchev–Trinajstić information content (AvgIpc) is 2.58. The molecule has 134 valence electrons. The van der Waals surface area contributed by atoms with Crippen molar-refractivity contribution in [1.82, 2.24) is 0 Å². The van der Waals surface area contributed by atoms with Gasteiger partial charge in [0, 0.05) is 12.7 Å². The van der Waals surface area contributed by atoms with E-state index in [4.69, 9.17) is 23.2 Å². The molecule has 0 saturated carbocycles. The number of hydrogen-bond donors (Lipinski definition) is 1. The standard InChI is InChI=1S/C17H18Cl2N2O3S/c1-3-25(23,24)16-7-5-4-6-15(16)21(2)11-17(22)20-12-8-9-13(18)14(19)10-12/h4-10H,3,11H2,1-2H3,(H,20,22). The Morgan fingerprint density at radius 1 is 1.12 bits per heavy atom. The molecule has 5 nitrogen and oxygen atoms in total. The predicted octanol–water partition coefficient (Wildman–Crippen LogP) is 3.86. The van der Waals surface area contributed by atoms with Crippen molar-refractivity contribution in [3.8, 4) is 0 Å². The quantitative estimate of drug-likeness (QED) is 0.798. The maximum atomic E-state index is 12.2. The van der Waals surface area contributed by atoms with Crippen LogP contribution in [0.1, 0.15) is 6.92 Å². The molecule has 0 aliphatic rings. The molecule has 1 N–H and O–H groups in total. The molecule has 25 heavy (non-hydrogen) atoms. The van der Waals surface area contributed by atoms with E-state index < -0.39 is 9.84 Å². The molecule has 0 fully saturated rings. The van der Waals surface area contributed by atoms with Crippen LogP contribution in [0.2, 0.25) is 10.0 Å². The minimum Gasteiger partial charge on any atom is -0.364 e. The smallest absolute Gasteiger partial charge is 0.243 e. The number of carbonyl (C=O) groups excluding carboxylic acids is 1. The molecule has 0 bridgehead atoms. The molecule has 0 aliphatic heterocycles. The Kier molecular flexibility index (Phi) is 6.32. The Balaban J connectivity index is 2.15. The maximum Gasteiger partial charge on any atom is 0.243 e. The number of nitrogens with zero attached hydrogens (tertiary/aromatic N) is 1. The van der Waals surface area contributed by atoms with Crippen molar-refractivity contribution >= 4 is 50.3 Å². The highest BCUT2D eigenvalue weighted by Gasteiger charge is 2.19. The third-order valence-corrected chi connectivity index (χ3v) is 6.09. The summed E-state index contributed by atoms with van der Waals surface area (Å²) in [7, 11) is -1.72. The first kappa shape index (κ1) is 19.6. The third-order valence-electron chi connectivity index (χ3n) is 3.58. The number of halogens is 2. The number of carbonyl (C=O) groups is 1. The second-order valence-corrected chi connectivity index (χ2v) is 8.47. The predicted molar refractivity (Wildman–Crippen MR) is 103 cm³/mol. The molecular weight excluding hydrogens is 383 g/mol. The van der Waals surface area contributed by atoms with Crippen molar-refractivity contribution in [3.05, 3.63) is 52.5 Å². The van der Waals surface area contributed by atoms with Crippen molar-refractivity contribution in [1.29, 1.82) is 0 Å². The number of amides is 1. The van der Waals surface area contributed by atoms with Crippen LogP contribution in [0, 0.1) is 0 Å². The van der Waals surface area contributed by atoms with Gasteiger partial charge in [0.05, 0.1) is 32.9 Å². The summed E-state index contributed by atoms with van der Waals surface area (Å²) < 4.78 is 24.4. The van der Waals surface area contributed by atoms with E-state index in [9.17, 15) is 13.2 Å². The Morgan fingerprint density at radius 2 is 1.80 bits per heavy atom. The first-order valence-electron chi connectivity index (χ1n) is 7.52. The fraction of sp³-hybridized carbons (Fsp3) is 0.235. The molecule has 2 aromatic carbocycles. The van der Waals surface area contributed by atoms with E-state index in [-0.39, 0.29) is 23.1 Å². The van der Waals surface area contributed by atoms with E-state index in [1.165, 1.54) is 0 Å². The van der Waals surface area contributed by atoms with E-state index in [1.807, 2.05) is 0 Å². The van der Waals surface area contributed by atoms with Gasteiger partial charge in [-0.15, -0.1) is 0 Å². The van der Waals surface area contributed by atoms with Crippen LogP contribution in [0.15, 0.2) is 47.4 Å². The highest BCUT2D eigenvalue weighted by Crippen LogP contribution is 2.26. The number of rotatable bonds is 6. The van der Waals surface area contributed by atoms with Crippen LogP contribution < -0.4 is 10.2 Å². The molecular formula is C17H18Cl2N2O3S. The summed E-state index contributed by atoms with van der Waals surface area (Å²) in [6.07, 6.45) is 0. The number of sulfone groups is 1. The molecule has 2 aromatic rings. The van der Waals surface area contributed by atoms with E-state index >= 15 is 0 Å². The lowest BCUT2D eigenvalue weighted by molar-refractivity contribution is -0.114. The van der Waals surface area contributed by atoms with Gasteiger partial charge in [-0.05, 0) is 30.3 Å². The van der Waals surface area contributed by atoms with Gasteiger partial charge < -0.3 is 10.2 Å². The minimum atomic E-state index is -3.38. The van der Waals surface area contributed by atoms with Gasteiger partial charge in [-0.2, -0.15) is 0 Å². The molecule has 2 rings (SSSR count). The number of benzene rings is 2. The summed E-state index contributed by atoms with van der Waals surface area (Å²) in [4.78, 5) is 14.0. The van der Waals surface area contributed by atoms with E-state index in [0.29, 0.717) is 21.4 Å². The van der Waals surface area contributed by atoms with Crippen LogP contribution in [0.5, 0.6) is 0 Å². The fourth-order valence-electron chi connectivity index (χ4n) is 2.27. The summed E-state index contributed by atoms with van der Waals surface area (Å²) in [6, 6.07) is 11.4. The first-order chi connectivity index (χ1) is 11.7. The number of likely N-dealkylation sites (N-methyl/N-ethyl adjacent to an activating group) is 1. The van der Waals surface area contributed by atoms with Crippen LogP contribution in [0.4, 0.5) is 11.4 Å². The summed E-state index contributed by atoms with van der Waals surface area (Å²) in [5.41, 5.74) is 0.996. The largest absolute Gasteiger partial charge is 0.364 e. The molecule has 0 unspecified atom stereocenters. The van der Waals surface area contributed by atoms with Crippen molar-refractivity contribution in [2.24, 2.45) is 0 Å². The summed E-state index contributed by atoms with van der Waals surface area (Å²) in [6.45, 7) is 1.57. The molecule has 1 amide bonds. The molecule has 0 saturated heterocycles. The number of hydrogen-bond acceptors (Lipinski definition) is 4. The van der Waals surface area contributed by atoms with Crippen molar-refractivity contribution in [2.75, 3.05) is 29.6 Å². The van der Waals surface area contributed by atoms with Crippen LogP contribution in [0.3, 0.4) is 0 Å². The highest BCUT2D eigenvalue weighted by atomic mass is 35.5. The lowest BCUT2D eigenvalue weighted by atomic mass is 10.3. The molecule has 0 aromatic heterocycles.